The van der Waals surface area contributed by atoms with E-state index in [1.807, 2.05) is 13.8 Å². The molecule has 0 aliphatic carbocycles. The Hall–Kier alpha value is -0.780. The van der Waals surface area contributed by atoms with E-state index < -0.39 is 11.5 Å². The maximum atomic E-state index is 11.8. The highest BCUT2D eigenvalue weighted by atomic mass is 79.9. The van der Waals surface area contributed by atoms with Crippen LogP contribution in [-0.4, -0.2) is 28.8 Å². The van der Waals surface area contributed by atoms with Gasteiger partial charge in [0.2, 0.25) is 0 Å². The molecule has 6 heteroatoms. The standard InChI is InChI=1S/C14H17BrClNO3/c1-8-6-14(13(18)19,7-9(2)20-8)17-10-3-4-12(16)11(15)5-10/h3-5,8-9,17H,6-7H2,1-2H3,(H,18,19). The van der Waals surface area contributed by atoms with E-state index in [1.165, 1.54) is 0 Å². The second-order valence-electron chi connectivity index (χ2n) is 5.31. The normalized spacial score (nSPS) is 30.0. The average molecular weight is 363 g/mol. The first-order valence-corrected chi connectivity index (χ1v) is 7.61. The molecule has 1 aliphatic heterocycles. The van der Waals surface area contributed by atoms with Gasteiger partial charge in [-0.05, 0) is 48.0 Å². The summed E-state index contributed by atoms with van der Waals surface area (Å²) in [6.45, 7) is 3.79. The number of ether oxygens (including phenoxy) is 1. The van der Waals surface area contributed by atoms with Crippen LogP contribution in [0, 0.1) is 0 Å². The summed E-state index contributed by atoms with van der Waals surface area (Å²) < 4.78 is 6.37. The Morgan fingerprint density at radius 1 is 1.45 bits per heavy atom. The maximum Gasteiger partial charge on any atom is 0.329 e. The number of halogens is 2. The lowest BCUT2D eigenvalue weighted by atomic mass is 9.84. The van der Waals surface area contributed by atoms with Crippen molar-refractivity contribution in [3.63, 3.8) is 0 Å². The first-order valence-electron chi connectivity index (χ1n) is 6.44. The number of carboxylic acid groups (broad SMARTS) is 1. The quantitative estimate of drug-likeness (QED) is 0.855. The van der Waals surface area contributed by atoms with E-state index in [4.69, 9.17) is 16.3 Å². The van der Waals surface area contributed by atoms with E-state index in [-0.39, 0.29) is 12.2 Å². The minimum Gasteiger partial charge on any atom is -0.480 e. The van der Waals surface area contributed by atoms with E-state index in [0.29, 0.717) is 17.9 Å². The number of nitrogens with one attached hydrogen (secondary N) is 1. The molecule has 1 fully saturated rings. The van der Waals surface area contributed by atoms with Gasteiger partial charge in [-0.1, -0.05) is 11.6 Å². The van der Waals surface area contributed by atoms with Gasteiger partial charge in [-0.15, -0.1) is 0 Å². The molecule has 0 amide bonds. The number of carboxylic acids is 1. The number of rotatable bonds is 3. The summed E-state index contributed by atoms with van der Waals surface area (Å²) in [5, 5.41) is 13.4. The second-order valence-corrected chi connectivity index (χ2v) is 6.57. The highest BCUT2D eigenvalue weighted by molar-refractivity contribution is 9.10. The van der Waals surface area contributed by atoms with Crippen molar-refractivity contribution in [2.24, 2.45) is 0 Å². The molecule has 0 spiro atoms. The van der Waals surface area contributed by atoms with Gasteiger partial charge in [-0.2, -0.15) is 0 Å². The molecule has 0 bridgehead atoms. The number of aliphatic carboxylic acids is 1. The monoisotopic (exact) mass is 361 g/mol. The molecule has 1 heterocycles. The molecule has 20 heavy (non-hydrogen) atoms. The number of anilines is 1. The number of hydrogen-bond donors (Lipinski definition) is 2. The third-order valence-corrected chi connectivity index (χ3v) is 4.66. The fraction of sp³-hybridized carbons (Fsp3) is 0.500. The smallest absolute Gasteiger partial charge is 0.329 e. The van der Waals surface area contributed by atoms with E-state index in [2.05, 4.69) is 21.2 Å². The van der Waals surface area contributed by atoms with Crippen LogP contribution >= 0.6 is 27.5 Å². The van der Waals surface area contributed by atoms with Crippen LogP contribution in [0.5, 0.6) is 0 Å². The van der Waals surface area contributed by atoms with Gasteiger partial charge in [0.25, 0.3) is 0 Å². The third kappa shape index (κ3) is 3.27. The van der Waals surface area contributed by atoms with Gasteiger partial charge in [0.15, 0.2) is 0 Å². The Kier molecular flexibility index (Phi) is 4.62. The number of carbonyl (C=O) groups is 1. The molecular weight excluding hydrogens is 346 g/mol. The lowest BCUT2D eigenvalue weighted by Crippen LogP contribution is -2.54. The van der Waals surface area contributed by atoms with Crippen LogP contribution in [0.15, 0.2) is 22.7 Å². The number of benzene rings is 1. The molecule has 2 atom stereocenters. The van der Waals surface area contributed by atoms with Crippen LogP contribution in [0.1, 0.15) is 26.7 Å². The molecule has 0 aromatic heterocycles. The van der Waals surface area contributed by atoms with E-state index in [1.54, 1.807) is 18.2 Å². The van der Waals surface area contributed by atoms with E-state index in [9.17, 15) is 9.90 Å². The minimum absolute atomic E-state index is 0.0990. The van der Waals surface area contributed by atoms with Crippen molar-refractivity contribution in [1.82, 2.24) is 0 Å². The van der Waals surface area contributed by atoms with Crippen LogP contribution in [0.4, 0.5) is 5.69 Å². The average Bonchev–Trinajstić information content (AvgIpc) is 2.32. The van der Waals surface area contributed by atoms with Crippen molar-refractivity contribution in [2.75, 3.05) is 5.32 Å². The summed E-state index contributed by atoms with van der Waals surface area (Å²) in [5.74, 6) is -0.856. The third-order valence-electron chi connectivity index (χ3n) is 3.45. The molecule has 2 rings (SSSR count). The summed E-state index contributed by atoms with van der Waals surface area (Å²) in [4.78, 5) is 11.8. The second kappa shape index (κ2) is 5.92. The van der Waals surface area contributed by atoms with Crippen molar-refractivity contribution in [3.8, 4) is 0 Å². The van der Waals surface area contributed by atoms with Crippen LogP contribution in [0.2, 0.25) is 5.02 Å². The maximum absolute atomic E-state index is 11.8. The van der Waals surface area contributed by atoms with Gasteiger partial charge in [0.05, 0.1) is 17.2 Å². The Balaban J connectivity index is 2.29. The molecule has 0 radical (unpaired) electrons. The fourth-order valence-electron chi connectivity index (χ4n) is 2.74. The molecule has 2 N–H and O–H groups in total. The van der Waals surface area contributed by atoms with Gasteiger partial charge in [0, 0.05) is 23.0 Å². The zero-order chi connectivity index (χ0) is 14.9. The molecular formula is C14H17BrClNO3. The van der Waals surface area contributed by atoms with Crippen LogP contribution in [0.25, 0.3) is 0 Å². The first-order chi connectivity index (χ1) is 9.32. The Bertz CT molecular complexity index is 513. The molecule has 1 aromatic carbocycles. The zero-order valence-corrected chi connectivity index (χ0v) is 13.7. The van der Waals surface area contributed by atoms with Crippen LogP contribution in [0.3, 0.4) is 0 Å². The summed E-state index contributed by atoms with van der Waals surface area (Å²) in [6, 6.07) is 5.30. The van der Waals surface area contributed by atoms with Gasteiger partial charge >= 0.3 is 5.97 Å². The van der Waals surface area contributed by atoms with Gasteiger partial charge in [-0.25, -0.2) is 4.79 Å². The lowest BCUT2D eigenvalue weighted by molar-refractivity contribution is -0.151. The van der Waals surface area contributed by atoms with Crippen LogP contribution < -0.4 is 5.32 Å². The summed E-state index contributed by atoms with van der Waals surface area (Å²) in [5.41, 5.74) is -0.283. The predicted octanol–water partition coefficient (Wildman–Crippen LogP) is 3.93. The summed E-state index contributed by atoms with van der Waals surface area (Å²) in [6.07, 6.45) is 0.649. The SMILES string of the molecule is CC1CC(Nc2ccc(Cl)c(Br)c2)(C(=O)O)CC(C)O1. The molecule has 1 aromatic rings. The van der Waals surface area contributed by atoms with Crippen molar-refractivity contribution in [2.45, 2.75) is 44.4 Å². The van der Waals surface area contributed by atoms with Gasteiger partial charge < -0.3 is 15.2 Å². The minimum atomic E-state index is -1.01. The van der Waals surface area contributed by atoms with Gasteiger partial charge in [-0.3, -0.25) is 0 Å². The Morgan fingerprint density at radius 3 is 2.55 bits per heavy atom. The van der Waals surface area contributed by atoms with Crippen LogP contribution in [-0.2, 0) is 9.53 Å². The molecule has 1 saturated heterocycles. The Labute approximate surface area is 131 Å². The highest BCUT2D eigenvalue weighted by Gasteiger charge is 2.45. The molecule has 1 aliphatic rings. The largest absolute Gasteiger partial charge is 0.480 e. The van der Waals surface area contributed by atoms with Gasteiger partial charge in [0.1, 0.15) is 5.54 Å². The molecule has 0 saturated carbocycles. The topological polar surface area (TPSA) is 58.6 Å². The highest BCUT2D eigenvalue weighted by Crippen LogP contribution is 2.34. The van der Waals surface area contributed by atoms with Crippen molar-refractivity contribution >= 4 is 39.2 Å². The first kappa shape index (κ1) is 15.6. The summed E-state index contributed by atoms with van der Waals surface area (Å²) in [7, 11) is 0. The van der Waals surface area contributed by atoms with Crippen molar-refractivity contribution in [3.05, 3.63) is 27.7 Å². The van der Waals surface area contributed by atoms with E-state index >= 15 is 0 Å². The fourth-order valence-corrected chi connectivity index (χ4v) is 3.23. The Morgan fingerprint density at radius 2 is 2.05 bits per heavy atom. The van der Waals surface area contributed by atoms with Crippen molar-refractivity contribution < 1.29 is 14.6 Å². The molecule has 4 nitrogen and oxygen atoms in total. The zero-order valence-electron chi connectivity index (χ0n) is 11.3. The molecule has 2 unspecified atom stereocenters. The lowest BCUT2D eigenvalue weighted by Gasteiger charge is -2.41. The van der Waals surface area contributed by atoms with Crippen molar-refractivity contribution in [1.29, 1.82) is 0 Å². The van der Waals surface area contributed by atoms with E-state index in [0.717, 1.165) is 10.2 Å². The number of hydrogen-bond acceptors (Lipinski definition) is 3. The predicted molar refractivity (Wildman–Crippen MR) is 82.4 cm³/mol. The molecule has 110 valence electrons. The summed E-state index contributed by atoms with van der Waals surface area (Å²) >= 11 is 9.30.